The third kappa shape index (κ3) is 3.17. The zero-order valence-corrected chi connectivity index (χ0v) is 13.7. The number of carbonyl (C=O) groups excluding carboxylic acids is 2. The van der Waals surface area contributed by atoms with Crippen molar-refractivity contribution in [2.24, 2.45) is 0 Å². The summed E-state index contributed by atoms with van der Waals surface area (Å²) in [5, 5.41) is 2.80. The van der Waals surface area contributed by atoms with E-state index in [0.717, 1.165) is 30.6 Å². The van der Waals surface area contributed by atoms with Crippen LogP contribution in [0.5, 0.6) is 0 Å². The second-order valence-electron chi connectivity index (χ2n) is 6.14. The lowest BCUT2D eigenvalue weighted by Gasteiger charge is -2.32. The van der Waals surface area contributed by atoms with Crippen molar-refractivity contribution in [3.05, 3.63) is 29.3 Å². The van der Waals surface area contributed by atoms with Gasteiger partial charge in [0.15, 0.2) is 0 Å². The van der Waals surface area contributed by atoms with Gasteiger partial charge < -0.3 is 15.0 Å². The molecule has 2 aliphatic rings. The first-order valence-corrected chi connectivity index (χ1v) is 8.08. The predicted molar refractivity (Wildman–Crippen MR) is 87.9 cm³/mol. The number of nitrogens with one attached hydrogen (secondary N) is 1. The van der Waals surface area contributed by atoms with Gasteiger partial charge in [-0.15, -0.1) is 0 Å². The van der Waals surface area contributed by atoms with Crippen molar-refractivity contribution in [2.45, 2.75) is 25.9 Å². The molecule has 3 rings (SSSR count). The van der Waals surface area contributed by atoms with Gasteiger partial charge in [-0.05, 0) is 37.5 Å². The van der Waals surface area contributed by atoms with E-state index in [1.807, 2.05) is 30.0 Å². The lowest BCUT2D eigenvalue weighted by Crippen LogP contribution is -2.43. The Balaban J connectivity index is 1.82. The maximum Gasteiger partial charge on any atom is 0.322 e. The third-order valence-electron chi connectivity index (χ3n) is 4.60. The number of methoxy groups -OCH3 is 1. The highest BCUT2D eigenvalue weighted by Gasteiger charge is 2.27. The standard InChI is InChI=1S/C17H23N3O3/c1-12-5-6-13(10-15(12)20-9-7-18-17(20)22)16(21)19-8-3-4-14(11-19)23-2/h5-6,10,14H,3-4,7-9,11H2,1-2H3,(H,18,22). The molecule has 0 spiro atoms. The Morgan fingerprint density at radius 3 is 2.87 bits per heavy atom. The molecule has 2 heterocycles. The minimum absolute atomic E-state index is 0.00704. The molecule has 0 saturated carbocycles. The maximum atomic E-state index is 12.8. The number of carbonyl (C=O) groups is 2. The van der Waals surface area contributed by atoms with E-state index in [1.165, 1.54) is 0 Å². The van der Waals surface area contributed by atoms with E-state index in [4.69, 9.17) is 4.74 Å². The molecule has 1 aromatic carbocycles. The van der Waals surface area contributed by atoms with Gasteiger partial charge in [-0.3, -0.25) is 9.69 Å². The minimum Gasteiger partial charge on any atom is -0.380 e. The molecule has 6 heteroatoms. The molecule has 0 aliphatic carbocycles. The third-order valence-corrected chi connectivity index (χ3v) is 4.60. The van der Waals surface area contributed by atoms with Gasteiger partial charge in [0.05, 0.1) is 6.10 Å². The number of ether oxygens (including phenoxy) is 1. The zero-order valence-electron chi connectivity index (χ0n) is 13.7. The fourth-order valence-electron chi connectivity index (χ4n) is 3.23. The summed E-state index contributed by atoms with van der Waals surface area (Å²) >= 11 is 0. The smallest absolute Gasteiger partial charge is 0.322 e. The second-order valence-corrected chi connectivity index (χ2v) is 6.14. The summed E-state index contributed by atoms with van der Waals surface area (Å²) in [5.41, 5.74) is 2.43. The highest BCUT2D eigenvalue weighted by Crippen LogP contribution is 2.25. The van der Waals surface area contributed by atoms with Crippen LogP contribution in [0, 0.1) is 6.92 Å². The van der Waals surface area contributed by atoms with Crippen molar-refractivity contribution in [3.8, 4) is 0 Å². The lowest BCUT2D eigenvalue weighted by atomic mass is 10.0. The Morgan fingerprint density at radius 1 is 1.35 bits per heavy atom. The van der Waals surface area contributed by atoms with Crippen molar-refractivity contribution in [2.75, 3.05) is 38.2 Å². The lowest BCUT2D eigenvalue weighted by molar-refractivity contribution is 0.0269. The van der Waals surface area contributed by atoms with Crippen LogP contribution in [0.1, 0.15) is 28.8 Å². The number of likely N-dealkylation sites (tertiary alicyclic amines) is 1. The highest BCUT2D eigenvalue weighted by atomic mass is 16.5. The summed E-state index contributed by atoms with van der Waals surface area (Å²) in [4.78, 5) is 28.2. The van der Waals surface area contributed by atoms with Crippen molar-refractivity contribution < 1.29 is 14.3 Å². The number of hydrogen-bond acceptors (Lipinski definition) is 3. The fraction of sp³-hybridized carbons (Fsp3) is 0.529. The van der Waals surface area contributed by atoms with Gasteiger partial charge in [-0.2, -0.15) is 0 Å². The van der Waals surface area contributed by atoms with E-state index in [9.17, 15) is 9.59 Å². The van der Waals surface area contributed by atoms with E-state index in [0.29, 0.717) is 25.2 Å². The van der Waals surface area contributed by atoms with Crippen LogP contribution in [0.15, 0.2) is 18.2 Å². The van der Waals surface area contributed by atoms with E-state index < -0.39 is 0 Å². The van der Waals surface area contributed by atoms with Gasteiger partial charge in [0, 0.05) is 44.5 Å². The zero-order chi connectivity index (χ0) is 16.4. The Labute approximate surface area is 136 Å². The van der Waals surface area contributed by atoms with Crippen molar-refractivity contribution in [1.29, 1.82) is 0 Å². The van der Waals surface area contributed by atoms with Gasteiger partial charge in [0.1, 0.15) is 0 Å². The Kier molecular flexibility index (Phi) is 4.52. The number of aryl methyl sites for hydroxylation is 1. The van der Waals surface area contributed by atoms with Crippen LogP contribution < -0.4 is 10.2 Å². The van der Waals surface area contributed by atoms with Gasteiger partial charge in [0.2, 0.25) is 0 Å². The van der Waals surface area contributed by atoms with Crippen molar-refractivity contribution >= 4 is 17.6 Å². The molecule has 1 aromatic rings. The molecule has 1 N–H and O–H groups in total. The number of urea groups is 1. The van der Waals surface area contributed by atoms with Crippen LogP contribution >= 0.6 is 0 Å². The first kappa shape index (κ1) is 15.8. The van der Waals surface area contributed by atoms with E-state index in [1.54, 1.807) is 12.0 Å². The van der Waals surface area contributed by atoms with Crippen LogP contribution in [-0.2, 0) is 4.74 Å². The van der Waals surface area contributed by atoms with Crippen LogP contribution in [0.25, 0.3) is 0 Å². The monoisotopic (exact) mass is 317 g/mol. The fourth-order valence-corrected chi connectivity index (χ4v) is 3.23. The number of hydrogen-bond donors (Lipinski definition) is 1. The molecule has 3 amide bonds. The molecule has 2 aliphatic heterocycles. The number of amides is 3. The molecule has 0 bridgehead atoms. The van der Waals surface area contributed by atoms with Crippen LogP contribution in [0.4, 0.5) is 10.5 Å². The summed E-state index contributed by atoms with van der Waals surface area (Å²) in [5.74, 6) is 0.00704. The highest BCUT2D eigenvalue weighted by molar-refractivity contribution is 5.99. The van der Waals surface area contributed by atoms with Gasteiger partial charge >= 0.3 is 6.03 Å². The Hall–Kier alpha value is -2.08. The van der Waals surface area contributed by atoms with Crippen LogP contribution in [0.3, 0.4) is 0 Å². The van der Waals surface area contributed by atoms with Crippen LogP contribution in [-0.4, -0.2) is 56.2 Å². The molecule has 1 atom stereocenters. The summed E-state index contributed by atoms with van der Waals surface area (Å²) in [6.07, 6.45) is 2.06. The SMILES string of the molecule is COC1CCCN(C(=O)c2ccc(C)c(N3CCNC3=O)c2)C1. The molecular weight excluding hydrogens is 294 g/mol. The summed E-state index contributed by atoms with van der Waals surface area (Å²) < 4.78 is 5.39. The minimum atomic E-state index is -0.102. The number of nitrogens with zero attached hydrogens (tertiary/aromatic N) is 2. The summed E-state index contributed by atoms with van der Waals surface area (Å²) in [6, 6.07) is 5.48. The second kappa shape index (κ2) is 6.58. The molecule has 2 saturated heterocycles. The van der Waals surface area contributed by atoms with Crippen molar-refractivity contribution in [3.63, 3.8) is 0 Å². The Bertz CT molecular complexity index is 617. The predicted octanol–water partition coefficient (Wildman–Crippen LogP) is 1.78. The number of benzene rings is 1. The molecular formula is C17H23N3O3. The first-order chi connectivity index (χ1) is 11.1. The molecule has 2 fully saturated rings. The average molecular weight is 317 g/mol. The Morgan fingerprint density at radius 2 is 2.17 bits per heavy atom. The molecule has 23 heavy (non-hydrogen) atoms. The van der Waals surface area contributed by atoms with Gasteiger partial charge in [-0.1, -0.05) is 6.07 Å². The largest absolute Gasteiger partial charge is 0.380 e. The maximum absolute atomic E-state index is 12.8. The molecule has 0 aromatic heterocycles. The number of rotatable bonds is 3. The molecule has 6 nitrogen and oxygen atoms in total. The normalized spacial score (nSPS) is 21.5. The average Bonchev–Trinajstić information content (AvgIpc) is 3.00. The van der Waals surface area contributed by atoms with Crippen molar-refractivity contribution in [1.82, 2.24) is 10.2 Å². The van der Waals surface area contributed by atoms with E-state index in [2.05, 4.69) is 5.32 Å². The summed E-state index contributed by atoms with van der Waals surface area (Å²) in [7, 11) is 1.69. The first-order valence-electron chi connectivity index (χ1n) is 8.08. The van der Waals surface area contributed by atoms with E-state index in [-0.39, 0.29) is 18.0 Å². The molecule has 1 unspecified atom stereocenters. The number of anilines is 1. The van der Waals surface area contributed by atoms with Gasteiger partial charge in [-0.25, -0.2) is 4.79 Å². The van der Waals surface area contributed by atoms with E-state index >= 15 is 0 Å². The molecule has 124 valence electrons. The summed E-state index contributed by atoms with van der Waals surface area (Å²) in [6.45, 7) is 4.61. The topological polar surface area (TPSA) is 61.9 Å². The number of piperidine rings is 1. The van der Waals surface area contributed by atoms with Gasteiger partial charge in [0.25, 0.3) is 5.91 Å². The van der Waals surface area contributed by atoms with Crippen LogP contribution in [0.2, 0.25) is 0 Å². The quantitative estimate of drug-likeness (QED) is 0.924. The molecule has 0 radical (unpaired) electrons.